The second-order valence-electron chi connectivity index (χ2n) is 10.4. The summed E-state index contributed by atoms with van der Waals surface area (Å²) in [6.45, 7) is 6.67. The molecule has 35 heavy (non-hydrogen) atoms. The molecule has 3 aromatic rings. The molecule has 0 saturated carbocycles. The number of halogens is 1. The van der Waals surface area contributed by atoms with Gasteiger partial charge < -0.3 is 15.4 Å². The predicted octanol–water partition coefficient (Wildman–Crippen LogP) is 7.73. The Morgan fingerprint density at radius 1 is 0.914 bits per heavy atom. The number of ketones is 1. The fourth-order valence-corrected chi connectivity index (χ4v) is 5.65. The van der Waals surface area contributed by atoms with Gasteiger partial charge in [0, 0.05) is 17.7 Å². The van der Waals surface area contributed by atoms with Crippen molar-refractivity contribution in [2.75, 3.05) is 17.7 Å². The molecule has 2 N–H and O–H groups in total. The topological polar surface area (TPSA) is 50.4 Å². The highest BCUT2D eigenvalue weighted by Crippen LogP contribution is 2.45. The number of benzene rings is 3. The van der Waals surface area contributed by atoms with Gasteiger partial charge >= 0.3 is 0 Å². The molecule has 0 fully saturated rings. The molecular formula is C30H31BrN2O2. The summed E-state index contributed by atoms with van der Waals surface area (Å²) in [7, 11) is 1.66. The van der Waals surface area contributed by atoms with Gasteiger partial charge in [0.2, 0.25) is 0 Å². The van der Waals surface area contributed by atoms with Crippen LogP contribution in [0.5, 0.6) is 5.75 Å². The molecule has 2 aliphatic rings. The molecule has 4 nitrogen and oxygen atoms in total. The summed E-state index contributed by atoms with van der Waals surface area (Å²) < 4.78 is 6.30. The summed E-state index contributed by atoms with van der Waals surface area (Å²) in [4.78, 5) is 13.8. The maximum absolute atomic E-state index is 13.8. The van der Waals surface area contributed by atoms with Gasteiger partial charge in [0.15, 0.2) is 5.78 Å². The minimum Gasteiger partial charge on any atom is -0.496 e. The minimum absolute atomic E-state index is 0.106. The standard InChI is InChI=1S/C30H31BrN2O2/c1-30(2,3)21-12-9-18(10-13-21)20-16-25-28(26(34)17-20)29(19-11-14-27(35-4)22(31)15-19)33-24-8-6-5-7-23(24)32-25/h5-15,20,29,32-33H,16-17H2,1-4H3. The lowest BCUT2D eigenvalue weighted by Gasteiger charge is -2.30. The van der Waals surface area contributed by atoms with Gasteiger partial charge in [-0.3, -0.25) is 4.79 Å². The van der Waals surface area contributed by atoms with E-state index in [4.69, 9.17) is 4.74 Å². The lowest BCUT2D eigenvalue weighted by Crippen LogP contribution is -2.27. The molecule has 0 aromatic heterocycles. The van der Waals surface area contributed by atoms with E-state index in [9.17, 15) is 4.79 Å². The largest absolute Gasteiger partial charge is 0.496 e. The number of methoxy groups -OCH3 is 1. The molecule has 0 radical (unpaired) electrons. The van der Waals surface area contributed by atoms with E-state index in [1.807, 2.05) is 30.3 Å². The Kier molecular flexibility index (Phi) is 6.22. The minimum atomic E-state index is -0.250. The van der Waals surface area contributed by atoms with E-state index in [1.54, 1.807) is 7.11 Å². The molecule has 5 rings (SSSR count). The Morgan fingerprint density at radius 3 is 2.26 bits per heavy atom. The first kappa shape index (κ1) is 23.7. The lowest BCUT2D eigenvalue weighted by atomic mass is 9.77. The first-order valence-electron chi connectivity index (χ1n) is 12.1. The van der Waals surface area contributed by atoms with E-state index in [0.717, 1.165) is 44.9 Å². The summed E-state index contributed by atoms with van der Waals surface area (Å²) in [5.41, 5.74) is 7.44. The normalized spacial score (nSPS) is 19.7. The Balaban J connectivity index is 1.55. The van der Waals surface area contributed by atoms with E-state index < -0.39 is 0 Å². The molecule has 2 unspecified atom stereocenters. The smallest absolute Gasteiger partial charge is 0.163 e. The van der Waals surface area contributed by atoms with Gasteiger partial charge in [0.1, 0.15) is 5.75 Å². The van der Waals surface area contributed by atoms with Crippen molar-refractivity contribution in [1.82, 2.24) is 0 Å². The first-order chi connectivity index (χ1) is 16.7. The summed E-state index contributed by atoms with van der Waals surface area (Å²) in [5.74, 6) is 1.10. The number of para-hydroxylation sites is 2. The van der Waals surface area contributed by atoms with Gasteiger partial charge in [-0.25, -0.2) is 0 Å². The molecule has 0 bridgehead atoms. The molecule has 0 amide bonds. The Bertz CT molecular complexity index is 1300. The van der Waals surface area contributed by atoms with Crippen molar-refractivity contribution in [3.63, 3.8) is 0 Å². The van der Waals surface area contributed by atoms with Crippen molar-refractivity contribution in [3.8, 4) is 5.75 Å². The third kappa shape index (κ3) is 4.62. The lowest BCUT2D eigenvalue weighted by molar-refractivity contribution is -0.116. The molecule has 180 valence electrons. The SMILES string of the molecule is COc1ccc(C2Nc3ccccc3NC3=C2C(=O)CC(c2ccc(C(C)(C)C)cc2)C3)cc1Br. The molecule has 1 aliphatic heterocycles. The van der Waals surface area contributed by atoms with Gasteiger partial charge in [0.05, 0.1) is 29.0 Å². The van der Waals surface area contributed by atoms with Crippen LogP contribution in [-0.2, 0) is 10.2 Å². The highest BCUT2D eigenvalue weighted by Gasteiger charge is 2.36. The molecule has 3 aromatic carbocycles. The Morgan fingerprint density at radius 2 is 1.60 bits per heavy atom. The molecule has 2 atom stereocenters. The fourth-order valence-electron chi connectivity index (χ4n) is 5.10. The van der Waals surface area contributed by atoms with E-state index in [-0.39, 0.29) is 23.2 Å². The molecule has 1 aliphatic carbocycles. The zero-order valence-corrected chi connectivity index (χ0v) is 22.2. The number of allylic oxidation sites excluding steroid dienone is 1. The van der Waals surface area contributed by atoms with Crippen LogP contribution in [0.25, 0.3) is 0 Å². The van der Waals surface area contributed by atoms with Gasteiger partial charge in [-0.2, -0.15) is 0 Å². The van der Waals surface area contributed by atoms with Crippen molar-refractivity contribution >= 4 is 33.1 Å². The molecular weight excluding hydrogens is 500 g/mol. The molecule has 5 heteroatoms. The molecule has 0 saturated heterocycles. The second-order valence-corrected chi connectivity index (χ2v) is 11.3. The zero-order chi connectivity index (χ0) is 24.7. The average Bonchev–Trinajstić information content (AvgIpc) is 3.00. The summed E-state index contributed by atoms with van der Waals surface area (Å²) in [5, 5.41) is 7.27. The maximum atomic E-state index is 13.8. The van der Waals surface area contributed by atoms with Gasteiger partial charge in [-0.1, -0.05) is 63.2 Å². The number of carbonyl (C=O) groups excluding carboxylic acids is 1. The van der Waals surface area contributed by atoms with Crippen molar-refractivity contribution in [2.24, 2.45) is 0 Å². The molecule has 0 spiro atoms. The number of nitrogens with one attached hydrogen (secondary N) is 2. The Hall–Kier alpha value is -3.05. The van der Waals surface area contributed by atoms with Crippen molar-refractivity contribution in [2.45, 2.75) is 51.0 Å². The molecule has 1 heterocycles. The number of fused-ring (bicyclic) bond motifs is 1. The predicted molar refractivity (Wildman–Crippen MR) is 146 cm³/mol. The van der Waals surface area contributed by atoms with Crippen molar-refractivity contribution in [1.29, 1.82) is 0 Å². The van der Waals surface area contributed by atoms with Crippen LogP contribution in [-0.4, -0.2) is 12.9 Å². The van der Waals surface area contributed by atoms with Gasteiger partial charge in [-0.05, 0) is 74.6 Å². The number of hydrogen-bond donors (Lipinski definition) is 2. The highest BCUT2D eigenvalue weighted by molar-refractivity contribution is 9.10. The van der Waals surface area contributed by atoms with E-state index in [1.165, 1.54) is 11.1 Å². The van der Waals surface area contributed by atoms with E-state index in [0.29, 0.717) is 6.42 Å². The number of carbonyl (C=O) groups is 1. The van der Waals surface area contributed by atoms with Gasteiger partial charge in [0.25, 0.3) is 0 Å². The van der Waals surface area contributed by atoms with Crippen LogP contribution < -0.4 is 15.4 Å². The van der Waals surface area contributed by atoms with E-state index in [2.05, 4.69) is 83.7 Å². The number of hydrogen-bond acceptors (Lipinski definition) is 4. The third-order valence-corrected chi connectivity index (χ3v) is 7.69. The Labute approximate surface area is 215 Å². The third-order valence-electron chi connectivity index (χ3n) is 7.07. The zero-order valence-electron chi connectivity index (χ0n) is 20.6. The number of ether oxygens (including phenoxy) is 1. The van der Waals surface area contributed by atoms with Crippen LogP contribution in [0, 0.1) is 0 Å². The summed E-state index contributed by atoms with van der Waals surface area (Å²) >= 11 is 3.62. The van der Waals surface area contributed by atoms with Crippen LogP contribution >= 0.6 is 15.9 Å². The average molecular weight is 531 g/mol. The van der Waals surface area contributed by atoms with Gasteiger partial charge in [-0.15, -0.1) is 0 Å². The van der Waals surface area contributed by atoms with Crippen LogP contribution in [0.15, 0.2) is 82.5 Å². The highest BCUT2D eigenvalue weighted by atomic mass is 79.9. The summed E-state index contributed by atoms with van der Waals surface area (Å²) in [6, 6.07) is 22.7. The van der Waals surface area contributed by atoms with Crippen LogP contribution in [0.4, 0.5) is 11.4 Å². The van der Waals surface area contributed by atoms with Crippen LogP contribution in [0.3, 0.4) is 0 Å². The number of rotatable bonds is 3. The fraction of sp³-hybridized carbons (Fsp3) is 0.300. The van der Waals surface area contributed by atoms with Crippen LogP contribution in [0.1, 0.15) is 62.3 Å². The second kappa shape index (κ2) is 9.19. The van der Waals surface area contributed by atoms with E-state index >= 15 is 0 Å². The van der Waals surface area contributed by atoms with Crippen LogP contribution in [0.2, 0.25) is 0 Å². The van der Waals surface area contributed by atoms with Crippen molar-refractivity contribution < 1.29 is 9.53 Å². The number of Topliss-reactive ketones (excluding diaryl/α,β-unsaturated/α-hetero) is 1. The number of anilines is 2. The summed E-state index contributed by atoms with van der Waals surface area (Å²) in [6.07, 6.45) is 1.29. The first-order valence-corrected chi connectivity index (χ1v) is 12.9. The quantitative estimate of drug-likeness (QED) is 0.363. The maximum Gasteiger partial charge on any atom is 0.163 e. The van der Waals surface area contributed by atoms with Crippen molar-refractivity contribution in [3.05, 3.63) is 99.2 Å². The monoisotopic (exact) mass is 530 g/mol.